The minimum absolute atomic E-state index is 0. The molecule has 1 fully saturated rings. The van der Waals surface area contributed by atoms with E-state index in [0.29, 0.717) is 0 Å². The summed E-state index contributed by atoms with van der Waals surface area (Å²) in [4.78, 5) is 2.69. The Labute approximate surface area is 115 Å². The van der Waals surface area contributed by atoms with Gasteiger partial charge in [-0.15, -0.1) is 12.4 Å². The molecule has 1 atom stereocenters. The number of rotatable bonds is 9. The molecule has 0 aromatic heterocycles. The largest absolute Gasteiger partial charge is 0.303 e. The van der Waals surface area contributed by atoms with Crippen molar-refractivity contribution in [3.63, 3.8) is 0 Å². The zero-order chi connectivity index (χ0) is 11.6. The summed E-state index contributed by atoms with van der Waals surface area (Å²) in [6, 6.07) is 0. The number of unbranched alkanes of at least 4 members (excludes halogenated alkanes) is 5. The molecule has 0 aromatic rings. The summed E-state index contributed by atoms with van der Waals surface area (Å²) in [5.74, 6) is 1.02. The number of halogens is 1. The minimum Gasteiger partial charge on any atom is -0.303 e. The molecule has 0 amide bonds. The molecule has 0 N–H and O–H groups in total. The van der Waals surface area contributed by atoms with E-state index in [9.17, 15) is 0 Å². The van der Waals surface area contributed by atoms with Crippen LogP contribution in [0.25, 0.3) is 0 Å². The zero-order valence-electron chi connectivity index (χ0n) is 11.9. The van der Waals surface area contributed by atoms with E-state index in [2.05, 4.69) is 18.7 Å². The van der Waals surface area contributed by atoms with Crippen LogP contribution >= 0.6 is 12.4 Å². The predicted octanol–water partition coefficient (Wildman–Crippen LogP) is 4.89. The molecule has 0 saturated carbocycles. The monoisotopic (exact) mass is 261 g/mol. The van der Waals surface area contributed by atoms with Crippen molar-refractivity contribution >= 4 is 12.4 Å². The van der Waals surface area contributed by atoms with Gasteiger partial charge in [-0.2, -0.15) is 0 Å². The molecule has 1 saturated heterocycles. The lowest BCUT2D eigenvalue weighted by Crippen LogP contribution is -2.21. The normalized spacial score (nSPS) is 20.5. The fourth-order valence-electron chi connectivity index (χ4n) is 2.88. The summed E-state index contributed by atoms with van der Waals surface area (Å²) < 4.78 is 0. The fraction of sp³-hybridized carbons (Fsp3) is 1.00. The van der Waals surface area contributed by atoms with Crippen molar-refractivity contribution in [1.82, 2.24) is 4.90 Å². The average Bonchev–Trinajstić information content (AvgIpc) is 2.72. The first kappa shape index (κ1) is 17.2. The molecule has 1 unspecified atom stereocenters. The molecule has 17 heavy (non-hydrogen) atoms. The standard InChI is InChI=1S/C15H31N.ClH/c1-3-5-6-7-8-9-12-16-13-11-15(14-16)10-4-2;/h15H,3-14H2,1-2H3;1H. The SMILES string of the molecule is CCCCCCCCN1CCC(CCC)C1.Cl. The highest BCUT2D eigenvalue weighted by molar-refractivity contribution is 5.85. The van der Waals surface area contributed by atoms with E-state index in [1.165, 1.54) is 77.4 Å². The number of hydrogen-bond acceptors (Lipinski definition) is 1. The molecule has 104 valence electrons. The molecule has 1 aliphatic rings. The summed E-state index contributed by atoms with van der Waals surface area (Å²) >= 11 is 0. The van der Waals surface area contributed by atoms with Crippen LogP contribution in [0, 0.1) is 5.92 Å². The highest BCUT2D eigenvalue weighted by Gasteiger charge is 2.20. The molecule has 0 spiro atoms. The van der Waals surface area contributed by atoms with Crippen molar-refractivity contribution < 1.29 is 0 Å². The third-order valence-electron chi connectivity index (χ3n) is 3.89. The Morgan fingerprint density at radius 1 is 0.941 bits per heavy atom. The van der Waals surface area contributed by atoms with Crippen LogP contribution in [0.15, 0.2) is 0 Å². The third kappa shape index (κ3) is 8.05. The van der Waals surface area contributed by atoms with Crippen LogP contribution in [0.4, 0.5) is 0 Å². The minimum atomic E-state index is 0. The summed E-state index contributed by atoms with van der Waals surface area (Å²) in [5.41, 5.74) is 0. The topological polar surface area (TPSA) is 3.24 Å². The zero-order valence-corrected chi connectivity index (χ0v) is 12.7. The van der Waals surface area contributed by atoms with Gasteiger partial charge < -0.3 is 4.90 Å². The fourth-order valence-corrected chi connectivity index (χ4v) is 2.88. The lowest BCUT2D eigenvalue weighted by Gasteiger charge is -2.15. The van der Waals surface area contributed by atoms with E-state index in [1.807, 2.05) is 0 Å². The van der Waals surface area contributed by atoms with Crippen molar-refractivity contribution in [2.45, 2.75) is 71.6 Å². The molecule has 1 rings (SSSR count). The van der Waals surface area contributed by atoms with Crippen LogP contribution < -0.4 is 0 Å². The van der Waals surface area contributed by atoms with Gasteiger partial charge >= 0.3 is 0 Å². The van der Waals surface area contributed by atoms with Gasteiger partial charge in [0.2, 0.25) is 0 Å². The lowest BCUT2D eigenvalue weighted by atomic mass is 10.0. The molecule has 1 nitrogen and oxygen atoms in total. The first-order valence-corrected chi connectivity index (χ1v) is 7.59. The first-order chi connectivity index (χ1) is 7.86. The van der Waals surface area contributed by atoms with Gasteiger partial charge in [0.05, 0.1) is 0 Å². The summed E-state index contributed by atoms with van der Waals surface area (Å²) in [5, 5.41) is 0. The van der Waals surface area contributed by atoms with Gasteiger partial charge in [-0.1, -0.05) is 52.4 Å². The van der Waals surface area contributed by atoms with E-state index in [1.54, 1.807) is 0 Å². The van der Waals surface area contributed by atoms with Crippen LogP contribution in [0.1, 0.15) is 71.6 Å². The van der Waals surface area contributed by atoms with Crippen LogP contribution in [-0.2, 0) is 0 Å². The molecule has 0 aromatic carbocycles. The quantitative estimate of drug-likeness (QED) is 0.534. The Morgan fingerprint density at radius 2 is 1.65 bits per heavy atom. The molecule has 1 aliphatic heterocycles. The molecule has 0 aliphatic carbocycles. The predicted molar refractivity (Wildman–Crippen MR) is 80.1 cm³/mol. The lowest BCUT2D eigenvalue weighted by molar-refractivity contribution is 0.311. The maximum absolute atomic E-state index is 2.69. The second-order valence-electron chi connectivity index (χ2n) is 5.51. The van der Waals surface area contributed by atoms with Crippen molar-refractivity contribution in [2.75, 3.05) is 19.6 Å². The van der Waals surface area contributed by atoms with Crippen LogP contribution in [0.5, 0.6) is 0 Å². The molecule has 1 heterocycles. The smallest absolute Gasteiger partial charge is 0.00101 e. The highest BCUT2D eigenvalue weighted by atomic mass is 35.5. The van der Waals surface area contributed by atoms with E-state index in [0.717, 1.165) is 5.92 Å². The second kappa shape index (κ2) is 11.3. The Morgan fingerprint density at radius 3 is 2.35 bits per heavy atom. The Bertz CT molecular complexity index is 161. The van der Waals surface area contributed by atoms with Gasteiger partial charge in [0.1, 0.15) is 0 Å². The van der Waals surface area contributed by atoms with E-state index in [4.69, 9.17) is 0 Å². The number of hydrogen-bond donors (Lipinski definition) is 0. The van der Waals surface area contributed by atoms with Gasteiger partial charge in [0.25, 0.3) is 0 Å². The number of nitrogens with zero attached hydrogens (tertiary/aromatic N) is 1. The van der Waals surface area contributed by atoms with Gasteiger partial charge in [0.15, 0.2) is 0 Å². The maximum atomic E-state index is 2.69. The van der Waals surface area contributed by atoms with Gasteiger partial charge in [0, 0.05) is 6.54 Å². The molecule has 0 radical (unpaired) electrons. The first-order valence-electron chi connectivity index (χ1n) is 7.59. The second-order valence-corrected chi connectivity index (χ2v) is 5.51. The molecule has 2 heteroatoms. The highest BCUT2D eigenvalue weighted by Crippen LogP contribution is 2.21. The Balaban J connectivity index is 0.00000256. The van der Waals surface area contributed by atoms with Gasteiger partial charge in [-0.3, -0.25) is 0 Å². The van der Waals surface area contributed by atoms with Crippen LogP contribution in [0.2, 0.25) is 0 Å². The summed E-state index contributed by atoms with van der Waals surface area (Å²) in [6.07, 6.45) is 12.9. The maximum Gasteiger partial charge on any atom is 0.00101 e. The third-order valence-corrected chi connectivity index (χ3v) is 3.89. The van der Waals surface area contributed by atoms with E-state index >= 15 is 0 Å². The van der Waals surface area contributed by atoms with Crippen molar-refractivity contribution in [2.24, 2.45) is 5.92 Å². The van der Waals surface area contributed by atoms with Crippen LogP contribution in [0.3, 0.4) is 0 Å². The molecular formula is C15H32ClN. The average molecular weight is 262 g/mol. The van der Waals surface area contributed by atoms with Crippen LogP contribution in [-0.4, -0.2) is 24.5 Å². The molecule has 0 bridgehead atoms. The van der Waals surface area contributed by atoms with E-state index in [-0.39, 0.29) is 12.4 Å². The summed E-state index contributed by atoms with van der Waals surface area (Å²) in [7, 11) is 0. The van der Waals surface area contributed by atoms with Gasteiger partial charge in [-0.05, 0) is 38.3 Å². The molecular weight excluding hydrogens is 230 g/mol. The summed E-state index contributed by atoms with van der Waals surface area (Å²) in [6.45, 7) is 8.74. The van der Waals surface area contributed by atoms with Gasteiger partial charge in [-0.25, -0.2) is 0 Å². The van der Waals surface area contributed by atoms with Crippen molar-refractivity contribution in [3.05, 3.63) is 0 Å². The van der Waals surface area contributed by atoms with Crippen molar-refractivity contribution in [3.8, 4) is 0 Å². The van der Waals surface area contributed by atoms with Crippen molar-refractivity contribution in [1.29, 1.82) is 0 Å². The number of likely N-dealkylation sites (tertiary alicyclic amines) is 1. The Hall–Kier alpha value is 0.250. The Kier molecular flexibility index (Phi) is 11.5. The van der Waals surface area contributed by atoms with E-state index < -0.39 is 0 Å².